The van der Waals surface area contributed by atoms with Gasteiger partial charge in [-0.25, -0.2) is 0 Å². The van der Waals surface area contributed by atoms with Gasteiger partial charge in [-0.2, -0.15) is 5.10 Å². The number of carbonyl (C=O) groups is 2. The number of aliphatic carboxylic acids is 1. The van der Waals surface area contributed by atoms with E-state index in [-0.39, 0.29) is 13.0 Å². The molecule has 0 spiro atoms. The summed E-state index contributed by atoms with van der Waals surface area (Å²) in [6, 6.07) is 6.90. The van der Waals surface area contributed by atoms with Crippen LogP contribution >= 0.6 is 11.6 Å². The summed E-state index contributed by atoms with van der Waals surface area (Å²) in [5.74, 6) is -1.16. The summed E-state index contributed by atoms with van der Waals surface area (Å²) in [6.07, 6.45) is 2.05. The fourth-order valence-electron chi connectivity index (χ4n) is 1.68. The van der Waals surface area contributed by atoms with Gasteiger partial charge in [0.2, 0.25) is 0 Å². The monoisotopic (exact) mass is 277 g/mol. The predicted octanol–water partition coefficient (Wildman–Crippen LogP) is 1.16. The average Bonchev–Trinajstić information content (AvgIpc) is 2.80. The van der Waals surface area contributed by atoms with E-state index in [1.165, 1.54) is 10.9 Å². The highest BCUT2D eigenvalue weighted by Gasteiger charge is 2.10. The van der Waals surface area contributed by atoms with Crippen molar-refractivity contribution in [2.75, 3.05) is 0 Å². The molecule has 0 saturated heterocycles. The number of hydrogen-bond donors (Lipinski definition) is 0. The number of aldehydes is 1. The first kappa shape index (κ1) is 13.3. The highest BCUT2D eigenvalue weighted by molar-refractivity contribution is 6.30. The second-order valence-electron chi connectivity index (χ2n) is 3.94. The lowest BCUT2D eigenvalue weighted by Gasteiger charge is -2.02. The zero-order valence-corrected chi connectivity index (χ0v) is 10.6. The molecule has 0 bridgehead atoms. The molecule has 0 aliphatic heterocycles. The number of carboxylic acids is 1. The molecular weight excluding hydrogens is 268 g/mol. The molecule has 0 unspecified atom stereocenters. The van der Waals surface area contributed by atoms with Gasteiger partial charge in [0.05, 0.1) is 5.56 Å². The Morgan fingerprint density at radius 1 is 1.37 bits per heavy atom. The van der Waals surface area contributed by atoms with Crippen molar-refractivity contribution in [1.82, 2.24) is 9.78 Å². The second-order valence-corrected chi connectivity index (χ2v) is 4.38. The number of aromatic nitrogens is 2. The predicted molar refractivity (Wildman–Crippen MR) is 67.7 cm³/mol. The highest BCUT2D eigenvalue weighted by Crippen LogP contribution is 2.22. The standard InChI is InChI=1S/C13H11ClN2O3/c14-11-3-1-9(2-4-11)13-10(8-17)7-16(15-13)6-5-12(18)19/h1-4,7-8H,5-6H2,(H,18,19)/p-1. The lowest BCUT2D eigenvalue weighted by molar-refractivity contribution is -0.306. The molecule has 0 saturated carbocycles. The first-order valence-corrected chi connectivity index (χ1v) is 5.96. The smallest absolute Gasteiger partial charge is 0.153 e. The zero-order valence-electron chi connectivity index (χ0n) is 9.88. The molecular formula is C13H10ClN2O3-. The van der Waals surface area contributed by atoms with Gasteiger partial charge in [-0.15, -0.1) is 0 Å². The van der Waals surface area contributed by atoms with E-state index in [9.17, 15) is 14.7 Å². The number of nitrogens with zero attached hydrogens (tertiary/aromatic N) is 2. The van der Waals surface area contributed by atoms with Gasteiger partial charge in [-0.1, -0.05) is 23.7 Å². The fraction of sp³-hybridized carbons (Fsp3) is 0.154. The van der Waals surface area contributed by atoms with E-state index in [2.05, 4.69) is 5.10 Å². The van der Waals surface area contributed by atoms with E-state index in [1.807, 2.05) is 0 Å². The molecule has 0 atom stereocenters. The van der Waals surface area contributed by atoms with E-state index >= 15 is 0 Å². The van der Waals surface area contributed by atoms with Crippen LogP contribution in [0.5, 0.6) is 0 Å². The molecule has 1 heterocycles. The summed E-state index contributed by atoms with van der Waals surface area (Å²) >= 11 is 5.80. The number of carbonyl (C=O) groups excluding carboxylic acids is 2. The molecule has 6 heteroatoms. The van der Waals surface area contributed by atoms with E-state index in [1.54, 1.807) is 24.3 Å². The second kappa shape index (κ2) is 5.67. The number of aryl methyl sites for hydroxylation is 1. The summed E-state index contributed by atoms with van der Waals surface area (Å²) in [7, 11) is 0. The number of rotatable bonds is 5. The van der Waals surface area contributed by atoms with Crippen LogP contribution in [0.25, 0.3) is 11.3 Å². The fourth-order valence-corrected chi connectivity index (χ4v) is 1.80. The Morgan fingerprint density at radius 3 is 2.63 bits per heavy atom. The maximum absolute atomic E-state index is 11.0. The third-order valence-electron chi connectivity index (χ3n) is 2.58. The summed E-state index contributed by atoms with van der Waals surface area (Å²) in [5.41, 5.74) is 1.66. The molecule has 2 aromatic rings. The van der Waals surface area contributed by atoms with E-state index < -0.39 is 5.97 Å². The van der Waals surface area contributed by atoms with Crippen LogP contribution in [0.4, 0.5) is 0 Å². The molecule has 1 aromatic heterocycles. The molecule has 19 heavy (non-hydrogen) atoms. The Balaban J connectivity index is 2.31. The SMILES string of the molecule is O=Cc1cn(CCC(=O)[O-])nc1-c1ccc(Cl)cc1. The van der Waals surface area contributed by atoms with Crippen molar-refractivity contribution in [3.8, 4) is 11.3 Å². The number of hydrogen-bond acceptors (Lipinski definition) is 4. The van der Waals surface area contributed by atoms with Crippen molar-refractivity contribution in [1.29, 1.82) is 0 Å². The Kier molecular flexibility index (Phi) is 3.97. The molecule has 5 nitrogen and oxygen atoms in total. The van der Waals surface area contributed by atoms with Crippen LogP contribution in [0, 0.1) is 0 Å². The van der Waals surface area contributed by atoms with E-state index in [0.29, 0.717) is 22.6 Å². The van der Waals surface area contributed by atoms with Gasteiger partial charge in [0.25, 0.3) is 0 Å². The van der Waals surface area contributed by atoms with Crippen molar-refractivity contribution in [3.05, 3.63) is 41.0 Å². The molecule has 1 aromatic carbocycles. The van der Waals surface area contributed by atoms with E-state index in [0.717, 1.165) is 5.56 Å². The molecule has 2 rings (SSSR count). The number of benzene rings is 1. The normalized spacial score (nSPS) is 10.4. The molecule has 0 aliphatic rings. The summed E-state index contributed by atoms with van der Waals surface area (Å²) in [4.78, 5) is 21.4. The maximum Gasteiger partial charge on any atom is 0.153 e. The Bertz CT molecular complexity index is 605. The minimum Gasteiger partial charge on any atom is -0.550 e. The first-order chi connectivity index (χ1) is 9.10. The van der Waals surface area contributed by atoms with Crippen molar-refractivity contribution >= 4 is 23.9 Å². The average molecular weight is 278 g/mol. The Morgan fingerprint density at radius 2 is 2.05 bits per heavy atom. The topological polar surface area (TPSA) is 75.0 Å². The number of carboxylic acid groups (broad SMARTS) is 1. The van der Waals surface area contributed by atoms with Crippen LogP contribution in [0.2, 0.25) is 5.02 Å². The third kappa shape index (κ3) is 3.20. The minimum atomic E-state index is -1.16. The van der Waals surface area contributed by atoms with Crippen LogP contribution in [0.15, 0.2) is 30.5 Å². The Hall–Kier alpha value is -2.14. The van der Waals surface area contributed by atoms with Gasteiger partial charge >= 0.3 is 0 Å². The highest BCUT2D eigenvalue weighted by atomic mass is 35.5. The minimum absolute atomic E-state index is 0.153. The van der Waals surface area contributed by atoms with Crippen LogP contribution in [-0.4, -0.2) is 22.0 Å². The lowest BCUT2D eigenvalue weighted by atomic mass is 10.1. The van der Waals surface area contributed by atoms with Gasteiger partial charge in [0, 0.05) is 35.7 Å². The zero-order chi connectivity index (χ0) is 13.8. The Labute approximate surface area is 114 Å². The molecule has 0 N–H and O–H groups in total. The van der Waals surface area contributed by atoms with Crippen LogP contribution in [-0.2, 0) is 11.3 Å². The molecule has 98 valence electrons. The van der Waals surface area contributed by atoms with Crippen LogP contribution in [0.1, 0.15) is 16.8 Å². The third-order valence-corrected chi connectivity index (χ3v) is 2.83. The van der Waals surface area contributed by atoms with E-state index in [4.69, 9.17) is 11.6 Å². The molecule has 0 fully saturated rings. The van der Waals surface area contributed by atoms with Crippen molar-refractivity contribution in [2.45, 2.75) is 13.0 Å². The molecule has 0 amide bonds. The summed E-state index contributed by atoms with van der Waals surface area (Å²) in [5, 5.41) is 15.2. The first-order valence-electron chi connectivity index (χ1n) is 5.58. The van der Waals surface area contributed by atoms with Gasteiger partial charge in [0.15, 0.2) is 6.29 Å². The summed E-state index contributed by atoms with van der Waals surface area (Å²) in [6.45, 7) is 0.163. The molecule has 0 aliphatic carbocycles. The van der Waals surface area contributed by atoms with Crippen LogP contribution in [0.3, 0.4) is 0 Å². The lowest BCUT2D eigenvalue weighted by Crippen LogP contribution is -2.23. The van der Waals surface area contributed by atoms with Crippen molar-refractivity contribution in [2.24, 2.45) is 0 Å². The summed E-state index contributed by atoms with van der Waals surface area (Å²) < 4.78 is 1.42. The van der Waals surface area contributed by atoms with Gasteiger partial charge < -0.3 is 9.90 Å². The quantitative estimate of drug-likeness (QED) is 0.769. The van der Waals surface area contributed by atoms with Gasteiger partial charge in [-0.05, 0) is 12.1 Å². The number of halogens is 1. The van der Waals surface area contributed by atoms with Gasteiger partial charge in [-0.3, -0.25) is 9.48 Å². The molecule has 0 radical (unpaired) electrons. The van der Waals surface area contributed by atoms with Crippen LogP contribution < -0.4 is 5.11 Å². The van der Waals surface area contributed by atoms with Gasteiger partial charge in [0.1, 0.15) is 5.69 Å². The van der Waals surface area contributed by atoms with Crippen molar-refractivity contribution in [3.63, 3.8) is 0 Å². The maximum atomic E-state index is 11.0. The largest absolute Gasteiger partial charge is 0.550 e. The van der Waals surface area contributed by atoms with Crippen molar-refractivity contribution < 1.29 is 14.7 Å².